The van der Waals surface area contributed by atoms with Crippen molar-refractivity contribution in [2.75, 3.05) is 13.7 Å². The number of pyridine rings is 1. The number of rotatable bonds is 6. The van der Waals surface area contributed by atoms with E-state index in [0.717, 1.165) is 26.4 Å². The number of fused-ring (bicyclic) bond motifs is 2. The van der Waals surface area contributed by atoms with Gasteiger partial charge in [-0.15, -0.1) is 11.3 Å². The van der Waals surface area contributed by atoms with Gasteiger partial charge in [0.25, 0.3) is 0 Å². The molecule has 1 amide bonds. The molecule has 170 valence electrons. The summed E-state index contributed by atoms with van der Waals surface area (Å²) in [5, 5.41) is 7.38. The van der Waals surface area contributed by atoms with Crippen LogP contribution < -0.4 is 14.8 Å². The first-order chi connectivity index (χ1) is 15.8. The quantitative estimate of drug-likeness (QED) is 0.391. The average molecular weight is 502 g/mol. The molecule has 0 aliphatic carbocycles. The van der Waals surface area contributed by atoms with E-state index >= 15 is 0 Å². The zero-order valence-corrected chi connectivity index (χ0v) is 20.0. The van der Waals surface area contributed by atoms with Crippen LogP contribution in [0.4, 0.5) is 0 Å². The molecule has 7 nitrogen and oxygen atoms in total. The highest BCUT2D eigenvalue weighted by Crippen LogP contribution is 2.35. The molecule has 0 saturated carbocycles. The summed E-state index contributed by atoms with van der Waals surface area (Å²) in [6.45, 7) is 0.379. The number of aromatic nitrogens is 1. The molecule has 0 spiro atoms. The Bertz CT molecular complexity index is 1500. The Morgan fingerprint density at radius 3 is 2.79 bits per heavy atom. The van der Waals surface area contributed by atoms with Crippen LogP contribution in [-0.2, 0) is 21.2 Å². The first kappa shape index (κ1) is 22.1. The summed E-state index contributed by atoms with van der Waals surface area (Å²) in [6, 6.07) is 12.2. The Kier molecular flexibility index (Phi) is 5.52. The number of methoxy groups -OCH3 is 1. The van der Waals surface area contributed by atoms with Gasteiger partial charge in [-0.2, -0.15) is 4.72 Å². The SMILES string of the molecule is COc1ccc2ccc(S(=O)(=O)N[C@@]3(Cc4csc5ccnc(Cl)c45)CCNC3=O)cc2c1. The highest BCUT2D eigenvalue weighted by atomic mass is 35.5. The van der Waals surface area contributed by atoms with Gasteiger partial charge in [0.2, 0.25) is 15.9 Å². The van der Waals surface area contributed by atoms with Crippen molar-refractivity contribution in [2.45, 2.75) is 23.3 Å². The molecule has 0 radical (unpaired) electrons. The number of carbonyl (C=O) groups is 1. The summed E-state index contributed by atoms with van der Waals surface area (Å²) >= 11 is 7.81. The van der Waals surface area contributed by atoms with E-state index in [2.05, 4.69) is 15.0 Å². The predicted molar refractivity (Wildman–Crippen MR) is 130 cm³/mol. The highest BCUT2D eigenvalue weighted by molar-refractivity contribution is 7.89. The van der Waals surface area contributed by atoms with Gasteiger partial charge in [0, 0.05) is 29.2 Å². The highest BCUT2D eigenvalue weighted by Gasteiger charge is 2.46. The fourth-order valence-electron chi connectivity index (χ4n) is 4.25. The Morgan fingerprint density at radius 2 is 2.03 bits per heavy atom. The van der Waals surface area contributed by atoms with Crippen LogP contribution in [0.2, 0.25) is 5.15 Å². The Labute approximate surface area is 199 Å². The largest absolute Gasteiger partial charge is 0.497 e. The summed E-state index contributed by atoms with van der Waals surface area (Å²) in [4.78, 5) is 17.2. The molecular formula is C23H20ClN3O4S2. The van der Waals surface area contributed by atoms with Crippen molar-refractivity contribution in [1.82, 2.24) is 15.0 Å². The van der Waals surface area contributed by atoms with Gasteiger partial charge < -0.3 is 10.1 Å². The molecule has 1 saturated heterocycles. The molecule has 5 rings (SSSR count). The predicted octanol–water partition coefficient (Wildman–Crippen LogP) is 3.89. The molecule has 10 heteroatoms. The van der Waals surface area contributed by atoms with Crippen LogP contribution in [-0.4, -0.2) is 38.5 Å². The number of hydrogen-bond acceptors (Lipinski definition) is 6. The second kappa shape index (κ2) is 8.25. The van der Waals surface area contributed by atoms with Crippen molar-refractivity contribution >= 4 is 59.7 Å². The molecule has 1 fully saturated rings. The Hall–Kier alpha value is -2.72. The van der Waals surface area contributed by atoms with Gasteiger partial charge in [0.15, 0.2) is 0 Å². The van der Waals surface area contributed by atoms with Gasteiger partial charge in [0.05, 0.1) is 12.0 Å². The fraction of sp³-hybridized carbons (Fsp3) is 0.217. The number of hydrogen-bond donors (Lipinski definition) is 2. The Morgan fingerprint density at radius 1 is 1.21 bits per heavy atom. The molecule has 3 heterocycles. The van der Waals surface area contributed by atoms with E-state index in [9.17, 15) is 13.2 Å². The van der Waals surface area contributed by atoms with E-state index < -0.39 is 15.6 Å². The van der Waals surface area contributed by atoms with Crippen molar-refractivity contribution in [1.29, 1.82) is 0 Å². The monoisotopic (exact) mass is 501 g/mol. The first-order valence-electron chi connectivity index (χ1n) is 10.2. The van der Waals surface area contributed by atoms with Gasteiger partial charge in [-0.3, -0.25) is 4.79 Å². The minimum Gasteiger partial charge on any atom is -0.497 e. The van der Waals surface area contributed by atoms with Crippen LogP contribution in [0.5, 0.6) is 5.75 Å². The second-order valence-electron chi connectivity index (χ2n) is 7.98. The number of nitrogens with zero attached hydrogens (tertiary/aromatic N) is 1. The smallest absolute Gasteiger partial charge is 0.241 e. The number of ether oxygens (including phenoxy) is 1. The lowest BCUT2D eigenvalue weighted by atomic mass is 9.90. The topological polar surface area (TPSA) is 97.4 Å². The molecular weight excluding hydrogens is 482 g/mol. The van der Waals surface area contributed by atoms with E-state index in [1.807, 2.05) is 23.6 Å². The molecule has 4 aromatic rings. The number of thiophene rings is 1. The molecule has 0 bridgehead atoms. The van der Waals surface area contributed by atoms with Crippen LogP contribution in [0.1, 0.15) is 12.0 Å². The first-order valence-corrected chi connectivity index (χ1v) is 13.0. The summed E-state index contributed by atoms with van der Waals surface area (Å²) in [7, 11) is -2.45. The lowest BCUT2D eigenvalue weighted by molar-refractivity contribution is -0.124. The average Bonchev–Trinajstić information content (AvgIpc) is 3.37. The van der Waals surface area contributed by atoms with Gasteiger partial charge in [-0.05, 0) is 58.5 Å². The molecule has 1 atom stereocenters. The van der Waals surface area contributed by atoms with E-state index in [1.54, 1.807) is 37.6 Å². The van der Waals surface area contributed by atoms with Crippen molar-refractivity contribution in [3.8, 4) is 5.75 Å². The van der Waals surface area contributed by atoms with Crippen LogP contribution >= 0.6 is 22.9 Å². The maximum absolute atomic E-state index is 13.4. The third-order valence-corrected chi connectivity index (χ3v) is 8.76. The molecule has 2 aromatic heterocycles. The fourth-order valence-corrected chi connectivity index (χ4v) is 6.96. The standard InChI is InChI=1S/C23H20ClN3O4S2/c1-31-17-4-2-14-3-5-18(11-15(14)10-17)33(29,30)27-23(7-9-26-22(23)28)12-16-13-32-19-6-8-25-21(24)20(16)19/h2-6,8,10-11,13,27H,7,9,12H2,1H3,(H,26,28)/t23-/m1/s1. The maximum atomic E-state index is 13.4. The van der Waals surface area contributed by atoms with Gasteiger partial charge >= 0.3 is 0 Å². The van der Waals surface area contributed by atoms with Crippen LogP contribution in [0.15, 0.2) is 58.9 Å². The third kappa shape index (κ3) is 3.95. The molecule has 33 heavy (non-hydrogen) atoms. The molecule has 1 aliphatic heterocycles. The summed E-state index contributed by atoms with van der Waals surface area (Å²) < 4.78 is 35.8. The number of halogens is 1. The molecule has 2 aromatic carbocycles. The third-order valence-electron chi connectivity index (χ3n) is 5.94. The van der Waals surface area contributed by atoms with Gasteiger partial charge in [-0.25, -0.2) is 13.4 Å². The summed E-state index contributed by atoms with van der Waals surface area (Å²) in [5.74, 6) is 0.277. The summed E-state index contributed by atoms with van der Waals surface area (Å²) in [6.07, 6.45) is 2.12. The number of benzene rings is 2. The van der Waals surface area contributed by atoms with E-state index in [1.165, 1.54) is 11.3 Å². The Balaban J connectivity index is 1.54. The van der Waals surface area contributed by atoms with Crippen molar-refractivity contribution in [3.63, 3.8) is 0 Å². The van der Waals surface area contributed by atoms with E-state index in [-0.39, 0.29) is 17.2 Å². The minimum absolute atomic E-state index is 0.0807. The molecule has 1 aliphatic rings. The van der Waals surface area contributed by atoms with E-state index in [4.69, 9.17) is 16.3 Å². The molecule has 2 N–H and O–H groups in total. The lowest BCUT2D eigenvalue weighted by Gasteiger charge is -2.27. The normalized spacial score (nSPS) is 18.7. The zero-order valence-electron chi connectivity index (χ0n) is 17.6. The molecule has 0 unspecified atom stereocenters. The van der Waals surface area contributed by atoms with Crippen molar-refractivity contribution in [2.24, 2.45) is 0 Å². The van der Waals surface area contributed by atoms with Gasteiger partial charge in [-0.1, -0.05) is 23.7 Å². The van der Waals surface area contributed by atoms with Gasteiger partial charge in [0.1, 0.15) is 16.4 Å². The minimum atomic E-state index is -4.01. The lowest BCUT2D eigenvalue weighted by Crippen LogP contribution is -2.55. The van der Waals surface area contributed by atoms with E-state index in [0.29, 0.717) is 23.9 Å². The van der Waals surface area contributed by atoms with Crippen LogP contribution in [0.3, 0.4) is 0 Å². The second-order valence-corrected chi connectivity index (χ2v) is 10.9. The zero-order chi connectivity index (χ0) is 23.2. The number of sulfonamides is 1. The van der Waals surface area contributed by atoms with Crippen molar-refractivity contribution < 1.29 is 17.9 Å². The van der Waals surface area contributed by atoms with Crippen LogP contribution in [0.25, 0.3) is 20.9 Å². The number of amides is 1. The van der Waals surface area contributed by atoms with Crippen LogP contribution in [0, 0.1) is 0 Å². The maximum Gasteiger partial charge on any atom is 0.241 e. The van der Waals surface area contributed by atoms with Crippen molar-refractivity contribution in [3.05, 3.63) is 64.8 Å². The summed E-state index contributed by atoms with van der Waals surface area (Å²) in [5.41, 5.74) is -0.536. The number of carbonyl (C=O) groups excluding carboxylic acids is 1. The number of nitrogens with one attached hydrogen (secondary N) is 2.